The molecule has 0 aliphatic heterocycles. The first-order valence-electron chi connectivity index (χ1n) is 7.33. The standard InChI is InChI=1S/C17H14N4OS/c1-2-11-5-6-19-16(7-11)21-17-20-13-4-3-12(8-15(13)23-17)14-9-18-10-22-14/h3-10H,2H2,1H3,(H,19,20,21). The van der Waals surface area contributed by atoms with Gasteiger partial charge in [0.2, 0.25) is 0 Å². The Balaban J connectivity index is 1.66. The molecule has 0 saturated heterocycles. The van der Waals surface area contributed by atoms with Crippen LogP contribution in [0.3, 0.4) is 0 Å². The molecule has 3 heterocycles. The van der Waals surface area contributed by atoms with Crippen LogP contribution in [0.5, 0.6) is 0 Å². The molecule has 5 nitrogen and oxygen atoms in total. The maximum atomic E-state index is 5.34. The maximum absolute atomic E-state index is 5.34. The highest BCUT2D eigenvalue weighted by Gasteiger charge is 2.08. The minimum atomic E-state index is 0.757. The van der Waals surface area contributed by atoms with Crippen molar-refractivity contribution in [3.63, 3.8) is 0 Å². The molecule has 0 radical (unpaired) electrons. The van der Waals surface area contributed by atoms with Crippen molar-refractivity contribution in [3.05, 3.63) is 54.7 Å². The number of thiazole rings is 1. The molecule has 0 saturated carbocycles. The van der Waals surface area contributed by atoms with E-state index in [0.29, 0.717) is 0 Å². The number of benzene rings is 1. The summed E-state index contributed by atoms with van der Waals surface area (Å²) in [6.45, 7) is 2.13. The van der Waals surface area contributed by atoms with Crippen LogP contribution in [0.1, 0.15) is 12.5 Å². The van der Waals surface area contributed by atoms with Crippen molar-refractivity contribution < 1.29 is 4.42 Å². The Labute approximate surface area is 137 Å². The molecule has 114 valence electrons. The first-order chi connectivity index (χ1) is 11.3. The van der Waals surface area contributed by atoms with Crippen molar-refractivity contribution in [3.8, 4) is 11.3 Å². The third-order valence-electron chi connectivity index (χ3n) is 3.57. The fourth-order valence-corrected chi connectivity index (χ4v) is 3.27. The van der Waals surface area contributed by atoms with E-state index in [1.807, 2.05) is 30.5 Å². The van der Waals surface area contributed by atoms with E-state index in [4.69, 9.17) is 4.42 Å². The van der Waals surface area contributed by atoms with E-state index in [-0.39, 0.29) is 0 Å². The Morgan fingerprint density at radius 1 is 1.22 bits per heavy atom. The van der Waals surface area contributed by atoms with Crippen LogP contribution in [0.2, 0.25) is 0 Å². The molecule has 6 heteroatoms. The largest absolute Gasteiger partial charge is 0.444 e. The van der Waals surface area contributed by atoms with Crippen molar-refractivity contribution in [2.75, 3.05) is 5.32 Å². The molecule has 0 spiro atoms. The van der Waals surface area contributed by atoms with E-state index in [9.17, 15) is 0 Å². The molecule has 0 unspecified atom stereocenters. The van der Waals surface area contributed by atoms with Gasteiger partial charge >= 0.3 is 0 Å². The second kappa shape index (κ2) is 5.81. The fraction of sp³-hybridized carbons (Fsp3) is 0.118. The van der Waals surface area contributed by atoms with Gasteiger partial charge in [-0.1, -0.05) is 18.3 Å². The average Bonchev–Trinajstić information content (AvgIpc) is 3.23. The van der Waals surface area contributed by atoms with E-state index in [2.05, 4.69) is 33.3 Å². The Kier molecular flexibility index (Phi) is 3.51. The van der Waals surface area contributed by atoms with Crippen LogP contribution in [-0.2, 0) is 6.42 Å². The molecule has 0 amide bonds. The van der Waals surface area contributed by atoms with E-state index in [0.717, 1.165) is 38.9 Å². The highest BCUT2D eigenvalue weighted by Crippen LogP contribution is 2.31. The van der Waals surface area contributed by atoms with Gasteiger partial charge in [-0.25, -0.2) is 15.0 Å². The molecule has 1 N–H and O–H groups in total. The molecule has 3 aromatic heterocycles. The van der Waals surface area contributed by atoms with Crippen LogP contribution in [0.4, 0.5) is 10.9 Å². The smallest absolute Gasteiger partial charge is 0.189 e. The van der Waals surface area contributed by atoms with Crippen LogP contribution < -0.4 is 5.32 Å². The normalized spacial score (nSPS) is 11.0. The molecule has 4 aromatic rings. The average molecular weight is 322 g/mol. The zero-order valence-corrected chi connectivity index (χ0v) is 13.3. The van der Waals surface area contributed by atoms with E-state index < -0.39 is 0 Å². The van der Waals surface area contributed by atoms with Gasteiger partial charge in [0.05, 0.1) is 16.4 Å². The van der Waals surface area contributed by atoms with Crippen molar-refractivity contribution in [1.82, 2.24) is 15.0 Å². The van der Waals surface area contributed by atoms with Crippen LogP contribution >= 0.6 is 11.3 Å². The first-order valence-corrected chi connectivity index (χ1v) is 8.15. The zero-order valence-electron chi connectivity index (χ0n) is 12.5. The van der Waals surface area contributed by atoms with Gasteiger partial charge in [0.1, 0.15) is 5.82 Å². The molecule has 0 aliphatic carbocycles. The van der Waals surface area contributed by atoms with Crippen LogP contribution in [0, 0.1) is 0 Å². The number of aromatic nitrogens is 3. The van der Waals surface area contributed by atoms with Gasteiger partial charge in [0.15, 0.2) is 17.3 Å². The molecule has 23 heavy (non-hydrogen) atoms. The number of rotatable bonds is 4. The molecule has 0 atom stereocenters. The van der Waals surface area contributed by atoms with Gasteiger partial charge in [-0.05, 0) is 42.3 Å². The van der Waals surface area contributed by atoms with Crippen LogP contribution in [-0.4, -0.2) is 15.0 Å². The van der Waals surface area contributed by atoms with E-state index >= 15 is 0 Å². The summed E-state index contributed by atoms with van der Waals surface area (Å²) in [6, 6.07) is 10.1. The lowest BCUT2D eigenvalue weighted by molar-refractivity contribution is 0.572. The molecule has 0 bridgehead atoms. The number of hydrogen-bond donors (Lipinski definition) is 1. The van der Waals surface area contributed by atoms with Crippen molar-refractivity contribution in [2.45, 2.75) is 13.3 Å². The Morgan fingerprint density at radius 3 is 3.00 bits per heavy atom. The van der Waals surface area contributed by atoms with Crippen LogP contribution in [0.15, 0.2) is 53.5 Å². The predicted molar refractivity (Wildman–Crippen MR) is 92.0 cm³/mol. The monoisotopic (exact) mass is 322 g/mol. The van der Waals surface area contributed by atoms with Crippen molar-refractivity contribution in [2.24, 2.45) is 0 Å². The SMILES string of the molecule is CCc1ccnc(Nc2nc3ccc(-c4cnco4)cc3s2)c1. The predicted octanol–water partition coefficient (Wildman–Crippen LogP) is 4.65. The number of nitrogens with one attached hydrogen (secondary N) is 1. The second-order valence-electron chi connectivity index (χ2n) is 5.10. The highest BCUT2D eigenvalue weighted by molar-refractivity contribution is 7.22. The summed E-state index contributed by atoms with van der Waals surface area (Å²) < 4.78 is 6.43. The van der Waals surface area contributed by atoms with Crippen molar-refractivity contribution in [1.29, 1.82) is 0 Å². The zero-order chi connectivity index (χ0) is 15.6. The number of oxazole rings is 1. The second-order valence-corrected chi connectivity index (χ2v) is 6.13. The van der Waals surface area contributed by atoms with E-state index in [1.54, 1.807) is 17.5 Å². The highest BCUT2D eigenvalue weighted by atomic mass is 32.1. The van der Waals surface area contributed by atoms with Gasteiger partial charge in [-0.15, -0.1) is 0 Å². The van der Waals surface area contributed by atoms with Crippen LogP contribution in [0.25, 0.3) is 21.5 Å². The van der Waals surface area contributed by atoms with Crippen molar-refractivity contribution >= 4 is 32.5 Å². The molecule has 0 fully saturated rings. The molecule has 0 aliphatic rings. The Bertz CT molecular complexity index is 946. The Hall–Kier alpha value is -2.73. The summed E-state index contributed by atoms with van der Waals surface area (Å²) in [7, 11) is 0. The first kappa shape index (κ1) is 13.9. The quantitative estimate of drug-likeness (QED) is 0.592. The van der Waals surface area contributed by atoms with Gasteiger partial charge in [-0.3, -0.25) is 0 Å². The van der Waals surface area contributed by atoms with Gasteiger partial charge in [-0.2, -0.15) is 0 Å². The number of nitrogens with zero attached hydrogens (tertiary/aromatic N) is 3. The lowest BCUT2D eigenvalue weighted by Crippen LogP contribution is -1.93. The third-order valence-corrected chi connectivity index (χ3v) is 4.51. The number of hydrogen-bond acceptors (Lipinski definition) is 6. The van der Waals surface area contributed by atoms with Gasteiger partial charge in [0, 0.05) is 11.8 Å². The molecule has 4 rings (SSSR count). The summed E-state index contributed by atoms with van der Waals surface area (Å²) in [5.74, 6) is 1.57. The molecule has 1 aromatic carbocycles. The van der Waals surface area contributed by atoms with E-state index in [1.165, 1.54) is 12.0 Å². The minimum absolute atomic E-state index is 0.757. The van der Waals surface area contributed by atoms with Gasteiger partial charge < -0.3 is 9.73 Å². The number of aryl methyl sites for hydroxylation is 1. The summed E-state index contributed by atoms with van der Waals surface area (Å²) >= 11 is 1.59. The summed E-state index contributed by atoms with van der Waals surface area (Å²) in [4.78, 5) is 12.9. The van der Waals surface area contributed by atoms with Gasteiger partial charge in [0.25, 0.3) is 0 Å². The third kappa shape index (κ3) is 2.80. The lowest BCUT2D eigenvalue weighted by Gasteiger charge is -2.02. The molecular weight excluding hydrogens is 308 g/mol. The number of pyridine rings is 1. The number of anilines is 2. The number of fused-ring (bicyclic) bond motifs is 1. The fourth-order valence-electron chi connectivity index (χ4n) is 2.36. The minimum Gasteiger partial charge on any atom is -0.444 e. The maximum Gasteiger partial charge on any atom is 0.189 e. The Morgan fingerprint density at radius 2 is 2.17 bits per heavy atom. The summed E-state index contributed by atoms with van der Waals surface area (Å²) in [5, 5.41) is 4.11. The summed E-state index contributed by atoms with van der Waals surface area (Å²) in [5.41, 5.74) is 3.19. The molecular formula is C17H14N4OS. The topological polar surface area (TPSA) is 63.8 Å². The summed E-state index contributed by atoms with van der Waals surface area (Å²) in [6.07, 6.45) is 5.95. The lowest BCUT2D eigenvalue weighted by atomic mass is 10.2.